The van der Waals surface area contributed by atoms with Crippen molar-refractivity contribution in [3.63, 3.8) is 0 Å². The number of halogens is 1. The second-order valence-electron chi connectivity index (χ2n) is 3.80. The van der Waals surface area contributed by atoms with Crippen molar-refractivity contribution in [3.05, 3.63) is 48.3 Å². The number of rotatable bonds is 3. The van der Waals surface area contributed by atoms with Gasteiger partial charge in [-0.25, -0.2) is 17.9 Å². The molecule has 0 saturated heterocycles. The Kier molecular flexibility index (Phi) is 3.79. The molecular formula is C12H11FN2O2S2. The van der Waals surface area contributed by atoms with Crippen molar-refractivity contribution in [2.45, 2.75) is 14.7 Å². The van der Waals surface area contributed by atoms with Crippen molar-refractivity contribution in [1.82, 2.24) is 0 Å². The molecule has 0 spiro atoms. The first-order chi connectivity index (χ1) is 8.86. The normalized spacial score (nSPS) is 11.5. The number of primary sulfonamides is 1. The molecule has 2 aromatic rings. The molecule has 0 bridgehead atoms. The molecule has 100 valence electrons. The molecule has 4 N–H and O–H groups in total. The van der Waals surface area contributed by atoms with Crippen LogP contribution in [0, 0.1) is 5.82 Å². The average Bonchev–Trinajstić information content (AvgIpc) is 2.27. The van der Waals surface area contributed by atoms with Crippen molar-refractivity contribution in [3.8, 4) is 0 Å². The quantitative estimate of drug-likeness (QED) is 0.851. The second kappa shape index (κ2) is 5.20. The van der Waals surface area contributed by atoms with Crippen LogP contribution in [-0.2, 0) is 10.0 Å². The minimum absolute atomic E-state index is 0.0731. The van der Waals surface area contributed by atoms with Crippen molar-refractivity contribution in [2.75, 3.05) is 5.73 Å². The molecule has 0 atom stereocenters. The van der Waals surface area contributed by atoms with Crippen LogP contribution in [0.1, 0.15) is 0 Å². The predicted molar refractivity (Wildman–Crippen MR) is 72.8 cm³/mol. The molecule has 19 heavy (non-hydrogen) atoms. The second-order valence-corrected chi connectivity index (χ2v) is 6.48. The lowest BCUT2D eigenvalue weighted by Gasteiger charge is -2.06. The van der Waals surface area contributed by atoms with Crippen LogP contribution in [0.25, 0.3) is 0 Å². The van der Waals surface area contributed by atoms with Crippen LogP contribution in [0.3, 0.4) is 0 Å². The highest BCUT2D eigenvalue weighted by molar-refractivity contribution is 7.99. The van der Waals surface area contributed by atoms with Gasteiger partial charge >= 0.3 is 0 Å². The Labute approximate surface area is 114 Å². The zero-order valence-electron chi connectivity index (χ0n) is 9.71. The summed E-state index contributed by atoms with van der Waals surface area (Å²) >= 11 is 1.28. The fraction of sp³-hybridized carbons (Fsp3) is 0. The average molecular weight is 298 g/mol. The molecule has 2 rings (SSSR count). The van der Waals surface area contributed by atoms with Crippen LogP contribution in [0.2, 0.25) is 0 Å². The molecule has 4 nitrogen and oxygen atoms in total. The Morgan fingerprint density at radius 2 is 1.74 bits per heavy atom. The summed E-state index contributed by atoms with van der Waals surface area (Å²) in [6.07, 6.45) is 0. The standard InChI is InChI=1S/C12H11FN2O2S2/c13-8-2-1-3-9(6-8)18-10-4-5-12(11(14)7-10)19(15,16)17/h1-7H,14H2,(H2,15,16,17). The minimum Gasteiger partial charge on any atom is -0.398 e. The highest BCUT2D eigenvalue weighted by Gasteiger charge is 2.12. The fourth-order valence-electron chi connectivity index (χ4n) is 1.52. The fourth-order valence-corrected chi connectivity index (χ4v) is 3.07. The first-order valence-corrected chi connectivity index (χ1v) is 7.58. The summed E-state index contributed by atoms with van der Waals surface area (Å²) in [6.45, 7) is 0. The van der Waals surface area contributed by atoms with E-state index in [0.29, 0.717) is 9.79 Å². The summed E-state index contributed by atoms with van der Waals surface area (Å²) < 4.78 is 35.5. The van der Waals surface area contributed by atoms with Gasteiger partial charge in [-0.15, -0.1) is 0 Å². The summed E-state index contributed by atoms with van der Waals surface area (Å²) in [7, 11) is -3.82. The van der Waals surface area contributed by atoms with E-state index in [2.05, 4.69) is 0 Å². The summed E-state index contributed by atoms with van der Waals surface area (Å²) in [4.78, 5) is 1.29. The maximum Gasteiger partial charge on any atom is 0.240 e. The third kappa shape index (κ3) is 3.46. The van der Waals surface area contributed by atoms with E-state index in [-0.39, 0.29) is 16.4 Å². The van der Waals surface area contributed by atoms with Gasteiger partial charge in [-0.2, -0.15) is 0 Å². The zero-order chi connectivity index (χ0) is 14.0. The molecule has 0 aliphatic carbocycles. The Hall–Kier alpha value is -1.57. The first kappa shape index (κ1) is 13.9. The molecule has 0 unspecified atom stereocenters. The maximum atomic E-state index is 13.0. The van der Waals surface area contributed by atoms with Crippen molar-refractivity contribution in [2.24, 2.45) is 5.14 Å². The minimum atomic E-state index is -3.82. The number of sulfonamides is 1. The Balaban J connectivity index is 2.31. The van der Waals surface area contributed by atoms with Crippen LogP contribution in [0.4, 0.5) is 10.1 Å². The molecule has 0 radical (unpaired) electrons. The van der Waals surface area contributed by atoms with E-state index in [0.717, 1.165) is 0 Å². The van der Waals surface area contributed by atoms with Gasteiger partial charge in [-0.1, -0.05) is 17.8 Å². The molecule has 0 heterocycles. The zero-order valence-corrected chi connectivity index (χ0v) is 11.3. The highest BCUT2D eigenvalue weighted by Crippen LogP contribution is 2.31. The third-order valence-corrected chi connectivity index (χ3v) is 4.28. The van der Waals surface area contributed by atoms with Crippen molar-refractivity contribution < 1.29 is 12.8 Å². The smallest absolute Gasteiger partial charge is 0.240 e. The lowest BCUT2D eigenvalue weighted by molar-refractivity contribution is 0.598. The van der Waals surface area contributed by atoms with Crippen LogP contribution in [-0.4, -0.2) is 8.42 Å². The molecule has 0 aromatic heterocycles. The molecule has 0 saturated carbocycles. The molecule has 7 heteroatoms. The van der Waals surface area contributed by atoms with Crippen molar-refractivity contribution >= 4 is 27.5 Å². The van der Waals surface area contributed by atoms with E-state index in [1.54, 1.807) is 18.2 Å². The number of hydrogen-bond donors (Lipinski definition) is 2. The Bertz CT molecular complexity index is 717. The van der Waals surface area contributed by atoms with Gasteiger partial charge in [0.1, 0.15) is 10.7 Å². The van der Waals surface area contributed by atoms with Gasteiger partial charge < -0.3 is 5.73 Å². The van der Waals surface area contributed by atoms with Crippen molar-refractivity contribution in [1.29, 1.82) is 0 Å². The molecule has 0 fully saturated rings. The monoisotopic (exact) mass is 298 g/mol. The maximum absolute atomic E-state index is 13.0. The number of nitrogen functional groups attached to an aromatic ring is 1. The van der Waals surface area contributed by atoms with Crippen LogP contribution >= 0.6 is 11.8 Å². The van der Waals surface area contributed by atoms with Gasteiger partial charge in [0.15, 0.2) is 0 Å². The highest BCUT2D eigenvalue weighted by atomic mass is 32.2. The van der Waals surface area contributed by atoms with Gasteiger partial charge in [0.05, 0.1) is 5.69 Å². The Morgan fingerprint density at radius 3 is 2.32 bits per heavy atom. The van der Waals surface area contributed by atoms with Gasteiger partial charge in [-0.05, 0) is 36.4 Å². The lowest BCUT2D eigenvalue weighted by Crippen LogP contribution is -2.14. The predicted octanol–water partition coefficient (Wildman–Crippen LogP) is 2.21. The number of nitrogens with two attached hydrogens (primary N) is 2. The molecular weight excluding hydrogens is 287 g/mol. The van der Waals surface area contributed by atoms with Crippen LogP contribution in [0.15, 0.2) is 57.2 Å². The van der Waals surface area contributed by atoms with Gasteiger partial charge in [0, 0.05) is 9.79 Å². The summed E-state index contributed by atoms with van der Waals surface area (Å²) in [5.41, 5.74) is 5.72. The molecule has 2 aromatic carbocycles. The van der Waals surface area contributed by atoms with E-state index < -0.39 is 10.0 Å². The molecule has 0 amide bonds. The van der Waals surface area contributed by atoms with E-state index in [9.17, 15) is 12.8 Å². The Morgan fingerprint density at radius 1 is 1.05 bits per heavy atom. The topological polar surface area (TPSA) is 86.2 Å². The number of anilines is 1. The van der Waals surface area contributed by atoms with Crippen LogP contribution < -0.4 is 10.9 Å². The first-order valence-electron chi connectivity index (χ1n) is 5.22. The lowest BCUT2D eigenvalue weighted by atomic mass is 10.3. The summed E-state index contributed by atoms with van der Waals surface area (Å²) in [5, 5.41) is 5.02. The number of hydrogen-bond acceptors (Lipinski definition) is 4. The number of benzene rings is 2. The van der Waals surface area contributed by atoms with Gasteiger partial charge in [0.2, 0.25) is 10.0 Å². The summed E-state index contributed by atoms with van der Waals surface area (Å²) in [5.74, 6) is -0.334. The SMILES string of the molecule is Nc1cc(Sc2cccc(F)c2)ccc1S(N)(=O)=O. The molecule has 0 aliphatic rings. The largest absolute Gasteiger partial charge is 0.398 e. The third-order valence-electron chi connectivity index (χ3n) is 2.32. The molecule has 0 aliphatic heterocycles. The van der Waals surface area contributed by atoms with E-state index in [4.69, 9.17) is 10.9 Å². The van der Waals surface area contributed by atoms with Crippen LogP contribution in [0.5, 0.6) is 0 Å². The van der Waals surface area contributed by atoms with E-state index in [1.165, 1.54) is 36.0 Å². The summed E-state index contributed by atoms with van der Waals surface area (Å²) in [6, 6.07) is 10.5. The van der Waals surface area contributed by atoms with E-state index >= 15 is 0 Å². The van der Waals surface area contributed by atoms with E-state index in [1.807, 2.05) is 0 Å². The van der Waals surface area contributed by atoms with Gasteiger partial charge in [0.25, 0.3) is 0 Å². The van der Waals surface area contributed by atoms with Gasteiger partial charge in [-0.3, -0.25) is 0 Å².